The Kier molecular flexibility index (Phi) is 5.81. The number of nitrogens with one attached hydrogen (secondary N) is 1. The second-order valence-electron chi connectivity index (χ2n) is 5.72. The van der Waals surface area contributed by atoms with Crippen molar-refractivity contribution in [3.05, 3.63) is 30.3 Å². The van der Waals surface area contributed by atoms with Gasteiger partial charge in [-0.15, -0.1) is 0 Å². The summed E-state index contributed by atoms with van der Waals surface area (Å²) in [6.07, 6.45) is 1.14. The van der Waals surface area contributed by atoms with Crippen molar-refractivity contribution in [1.82, 2.24) is 10.2 Å². The normalized spacial score (nSPS) is 18.2. The maximum Gasteiger partial charge on any atom is 0.224 e. The highest BCUT2D eigenvalue weighted by molar-refractivity contribution is 5.83. The van der Waals surface area contributed by atoms with Crippen LogP contribution in [-0.4, -0.2) is 49.9 Å². The van der Waals surface area contributed by atoms with Gasteiger partial charge in [0.15, 0.2) is 0 Å². The number of rotatable bonds is 6. The molecule has 1 aliphatic rings. The number of nitrogens with zero attached hydrogens (tertiary/aromatic N) is 2. The molecular weight excluding hydrogens is 278 g/mol. The van der Waals surface area contributed by atoms with Crippen molar-refractivity contribution in [3.8, 4) is 0 Å². The first-order chi connectivity index (χ1) is 10.6. The quantitative estimate of drug-likeness (QED) is 0.866. The van der Waals surface area contributed by atoms with Crippen molar-refractivity contribution in [2.45, 2.75) is 19.8 Å². The van der Waals surface area contributed by atoms with Gasteiger partial charge in [-0.25, -0.2) is 0 Å². The van der Waals surface area contributed by atoms with E-state index in [-0.39, 0.29) is 17.7 Å². The van der Waals surface area contributed by atoms with E-state index in [0.29, 0.717) is 32.5 Å². The van der Waals surface area contributed by atoms with Crippen molar-refractivity contribution in [1.29, 1.82) is 0 Å². The third-order valence-corrected chi connectivity index (χ3v) is 4.20. The minimum absolute atomic E-state index is 0.0624. The molecule has 0 aromatic heterocycles. The van der Waals surface area contributed by atoms with Crippen LogP contribution in [0.2, 0.25) is 0 Å². The monoisotopic (exact) mass is 303 g/mol. The molecule has 120 valence electrons. The lowest BCUT2D eigenvalue weighted by molar-refractivity contribution is -0.138. The summed E-state index contributed by atoms with van der Waals surface area (Å²) in [4.78, 5) is 27.7. The molecular formula is C17H25N3O2. The number of likely N-dealkylation sites (tertiary alicyclic amines) is 1. The third-order valence-electron chi connectivity index (χ3n) is 4.20. The highest BCUT2D eigenvalue weighted by Crippen LogP contribution is 2.17. The average Bonchev–Trinajstić information content (AvgIpc) is 2.55. The molecule has 0 bridgehead atoms. The van der Waals surface area contributed by atoms with E-state index in [0.717, 1.165) is 12.2 Å². The molecule has 1 unspecified atom stereocenters. The zero-order chi connectivity index (χ0) is 15.9. The molecule has 0 spiro atoms. The molecule has 0 saturated carbocycles. The Morgan fingerprint density at radius 1 is 1.36 bits per heavy atom. The molecule has 1 aromatic carbocycles. The Bertz CT molecular complexity index is 504. The van der Waals surface area contributed by atoms with Crippen LogP contribution in [0.1, 0.15) is 19.8 Å². The fourth-order valence-corrected chi connectivity index (χ4v) is 2.74. The second-order valence-corrected chi connectivity index (χ2v) is 5.72. The summed E-state index contributed by atoms with van der Waals surface area (Å²) < 4.78 is 0. The molecule has 1 atom stereocenters. The summed E-state index contributed by atoms with van der Waals surface area (Å²) in [5.74, 6) is 0.155. The number of hydrogen-bond acceptors (Lipinski definition) is 3. The van der Waals surface area contributed by atoms with Crippen LogP contribution in [0.4, 0.5) is 5.69 Å². The van der Waals surface area contributed by atoms with Crippen molar-refractivity contribution in [2.24, 2.45) is 5.92 Å². The van der Waals surface area contributed by atoms with Crippen LogP contribution in [0.15, 0.2) is 30.3 Å². The molecule has 2 amide bonds. The number of para-hydroxylation sites is 1. The number of piperidine rings is 1. The molecule has 5 heteroatoms. The van der Waals surface area contributed by atoms with E-state index in [1.165, 1.54) is 0 Å². The van der Waals surface area contributed by atoms with Crippen LogP contribution in [0, 0.1) is 5.92 Å². The van der Waals surface area contributed by atoms with Crippen LogP contribution in [-0.2, 0) is 9.59 Å². The summed E-state index contributed by atoms with van der Waals surface area (Å²) in [5, 5.41) is 2.99. The minimum Gasteiger partial charge on any atom is -0.373 e. The van der Waals surface area contributed by atoms with Crippen molar-refractivity contribution in [3.63, 3.8) is 0 Å². The lowest BCUT2D eigenvalue weighted by atomic mass is 9.96. The first kappa shape index (κ1) is 16.3. The number of benzene rings is 1. The summed E-state index contributed by atoms with van der Waals surface area (Å²) >= 11 is 0. The molecule has 1 aliphatic heterocycles. The van der Waals surface area contributed by atoms with Crippen LogP contribution < -0.4 is 10.2 Å². The maximum absolute atomic E-state index is 12.2. The van der Waals surface area contributed by atoms with Gasteiger partial charge in [-0.2, -0.15) is 0 Å². The van der Waals surface area contributed by atoms with Gasteiger partial charge in [0.05, 0.1) is 5.92 Å². The van der Waals surface area contributed by atoms with Gasteiger partial charge in [-0.1, -0.05) is 18.2 Å². The lowest BCUT2D eigenvalue weighted by Gasteiger charge is -2.31. The van der Waals surface area contributed by atoms with E-state index in [9.17, 15) is 9.59 Å². The summed E-state index contributed by atoms with van der Waals surface area (Å²) in [6.45, 7) is 4.56. The highest BCUT2D eigenvalue weighted by Gasteiger charge is 2.28. The first-order valence-corrected chi connectivity index (χ1v) is 7.93. The number of carbonyl (C=O) groups excluding carboxylic acids is 2. The maximum atomic E-state index is 12.2. The van der Waals surface area contributed by atoms with Crippen LogP contribution >= 0.6 is 0 Å². The lowest BCUT2D eigenvalue weighted by Crippen LogP contribution is -2.46. The summed E-state index contributed by atoms with van der Waals surface area (Å²) in [6, 6.07) is 10.1. The Balaban J connectivity index is 1.75. The molecule has 1 aromatic rings. The van der Waals surface area contributed by atoms with Gasteiger partial charge in [-0.05, 0) is 25.5 Å². The first-order valence-electron chi connectivity index (χ1n) is 7.93. The molecule has 0 aliphatic carbocycles. The number of amides is 2. The molecule has 1 saturated heterocycles. The largest absolute Gasteiger partial charge is 0.373 e. The topological polar surface area (TPSA) is 52.7 Å². The zero-order valence-electron chi connectivity index (χ0n) is 13.4. The predicted octanol–water partition coefficient (Wildman–Crippen LogP) is 1.50. The van der Waals surface area contributed by atoms with Gasteiger partial charge in [0.1, 0.15) is 0 Å². The van der Waals surface area contributed by atoms with Gasteiger partial charge in [0, 0.05) is 45.3 Å². The number of anilines is 1. The summed E-state index contributed by atoms with van der Waals surface area (Å²) in [7, 11) is 2.01. The standard InChI is InChI=1S/C17H25N3O2/c1-3-20-13-14(9-10-16(20)21)17(22)18-11-12-19(2)15-7-5-4-6-8-15/h4-8,14H,3,9-13H2,1-2H3,(H,18,22). The molecule has 1 heterocycles. The number of carbonyl (C=O) groups is 2. The second kappa shape index (κ2) is 7.82. The van der Waals surface area contributed by atoms with E-state index in [1.807, 2.05) is 44.3 Å². The average molecular weight is 303 g/mol. The van der Waals surface area contributed by atoms with Crippen molar-refractivity contribution >= 4 is 17.5 Å². The molecule has 0 radical (unpaired) electrons. The van der Waals surface area contributed by atoms with Crippen LogP contribution in [0.3, 0.4) is 0 Å². The van der Waals surface area contributed by atoms with Gasteiger partial charge >= 0.3 is 0 Å². The Morgan fingerprint density at radius 2 is 2.09 bits per heavy atom. The fourth-order valence-electron chi connectivity index (χ4n) is 2.74. The molecule has 5 nitrogen and oxygen atoms in total. The van der Waals surface area contributed by atoms with Gasteiger partial charge in [-0.3, -0.25) is 9.59 Å². The Hall–Kier alpha value is -2.04. The smallest absolute Gasteiger partial charge is 0.224 e. The predicted molar refractivity (Wildman–Crippen MR) is 87.7 cm³/mol. The van der Waals surface area contributed by atoms with Crippen LogP contribution in [0.25, 0.3) is 0 Å². The molecule has 1 N–H and O–H groups in total. The molecule has 22 heavy (non-hydrogen) atoms. The number of hydrogen-bond donors (Lipinski definition) is 1. The fraction of sp³-hybridized carbons (Fsp3) is 0.529. The van der Waals surface area contributed by atoms with E-state index in [4.69, 9.17) is 0 Å². The zero-order valence-corrected chi connectivity index (χ0v) is 13.4. The summed E-state index contributed by atoms with van der Waals surface area (Å²) in [5.41, 5.74) is 1.14. The number of likely N-dealkylation sites (N-methyl/N-ethyl adjacent to an activating group) is 1. The van der Waals surface area contributed by atoms with Crippen molar-refractivity contribution in [2.75, 3.05) is 38.1 Å². The van der Waals surface area contributed by atoms with Gasteiger partial charge in [0.2, 0.25) is 11.8 Å². The van der Waals surface area contributed by atoms with Crippen molar-refractivity contribution < 1.29 is 9.59 Å². The Labute approximate surface area is 132 Å². The molecule has 1 fully saturated rings. The van der Waals surface area contributed by atoms with Gasteiger partial charge < -0.3 is 15.1 Å². The van der Waals surface area contributed by atoms with E-state index < -0.39 is 0 Å². The Morgan fingerprint density at radius 3 is 2.77 bits per heavy atom. The van der Waals surface area contributed by atoms with Crippen LogP contribution in [0.5, 0.6) is 0 Å². The minimum atomic E-state index is -0.0697. The SMILES string of the molecule is CCN1CC(C(=O)NCCN(C)c2ccccc2)CCC1=O. The highest BCUT2D eigenvalue weighted by atomic mass is 16.2. The van der Waals surface area contributed by atoms with Gasteiger partial charge in [0.25, 0.3) is 0 Å². The third kappa shape index (κ3) is 4.23. The van der Waals surface area contributed by atoms with E-state index in [2.05, 4.69) is 10.2 Å². The van der Waals surface area contributed by atoms with E-state index >= 15 is 0 Å². The van der Waals surface area contributed by atoms with E-state index in [1.54, 1.807) is 4.90 Å². The molecule has 2 rings (SSSR count).